The van der Waals surface area contributed by atoms with Gasteiger partial charge in [-0.2, -0.15) is 31.4 Å². The van der Waals surface area contributed by atoms with Crippen LogP contribution in [0.4, 0.5) is 37.7 Å². The number of nitrogens with zero attached hydrogens (tertiary/aromatic N) is 2. The van der Waals surface area contributed by atoms with Gasteiger partial charge in [0.15, 0.2) is 5.69 Å². The first-order valence-electron chi connectivity index (χ1n) is 9.76. The van der Waals surface area contributed by atoms with E-state index < -0.39 is 57.8 Å². The number of aromatic nitrogens is 2. The van der Waals surface area contributed by atoms with Gasteiger partial charge in [0.1, 0.15) is 0 Å². The molecule has 0 fully saturated rings. The number of aryl methyl sites for hydroxylation is 1. The van der Waals surface area contributed by atoms with Crippen molar-refractivity contribution in [2.75, 3.05) is 10.6 Å². The quantitative estimate of drug-likeness (QED) is 0.506. The Morgan fingerprint density at radius 2 is 1.54 bits per heavy atom. The molecule has 2 aromatic carbocycles. The maximum atomic E-state index is 13.5. The Morgan fingerprint density at radius 3 is 2.14 bits per heavy atom. The molecular formula is C22H16F6N4O3. The summed E-state index contributed by atoms with van der Waals surface area (Å²) in [5, 5.41) is 8.08. The van der Waals surface area contributed by atoms with E-state index in [4.69, 9.17) is 0 Å². The first-order chi connectivity index (χ1) is 16.2. The van der Waals surface area contributed by atoms with Crippen molar-refractivity contribution in [1.82, 2.24) is 9.78 Å². The van der Waals surface area contributed by atoms with Gasteiger partial charge in [0, 0.05) is 18.7 Å². The van der Waals surface area contributed by atoms with Crippen LogP contribution in [0.1, 0.15) is 34.2 Å². The molecular weight excluding hydrogens is 482 g/mol. The van der Waals surface area contributed by atoms with Crippen molar-refractivity contribution in [3.05, 3.63) is 81.3 Å². The molecule has 2 amide bonds. The number of amides is 2. The molecule has 0 saturated heterocycles. The Hall–Kier alpha value is -4.16. The van der Waals surface area contributed by atoms with E-state index in [0.29, 0.717) is 12.1 Å². The predicted octanol–water partition coefficient (Wildman–Crippen LogP) is 4.79. The van der Waals surface area contributed by atoms with E-state index >= 15 is 0 Å². The number of rotatable bonds is 4. The summed E-state index contributed by atoms with van der Waals surface area (Å²) in [6, 6.07) is 7.30. The minimum Gasteiger partial charge on any atom is -0.325 e. The van der Waals surface area contributed by atoms with Crippen LogP contribution in [0.3, 0.4) is 0 Å². The molecule has 0 radical (unpaired) electrons. The smallest absolute Gasteiger partial charge is 0.325 e. The molecule has 0 atom stereocenters. The van der Waals surface area contributed by atoms with Crippen LogP contribution in [-0.4, -0.2) is 21.6 Å². The van der Waals surface area contributed by atoms with Crippen molar-refractivity contribution in [3.63, 3.8) is 0 Å². The summed E-state index contributed by atoms with van der Waals surface area (Å²) in [4.78, 5) is 36.6. The van der Waals surface area contributed by atoms with Crippen molar-refractivity contribution in [2.24, 2.45) is 0 Å². The van der Waals surface area contributed by atoms with E-state index in [2.05, 4.69) is 15.7 Å². The number of carbonyl (C=O) groups excluding carboxylic acids is 2. The lowest BCUT2D eigenvalue weighted by atomic mass is 10.1. The monoisotopic (exact) mass is 498 g/mol. The largest absolute Gasteiger partial charge is 0.418 e. The fourth-order valence-electron chi connectivity index (χ4n) is 3.15. The van der Waals surface area contributed by atoms with E-state index in [1.165, 1.54) is 13.0 Å². The molecule has 1 aromatic heterocycles. The summed E-state index contributed by atoms with van der Waals surface area (Å²) >= 11 is 0. The minimum atomic E-state index is -4.79. The van der Waals surface area contributed by atoms with E-state index in [9.17, 15) is 40.7 Å². The molecule has 0 bridgehead atoms. The van der Waals surface area contributed by atoms with Gasteiger partial charge in [-0.15, -0.1) is 0 Å². The van der Waals surface area contributed by atoms with E-state index in [1.807, 2.05) is 0 Å². The molecule has 0 unspecified atom stereocenters. The van der Waals surface area contributed by atoms with Gasteiger partial charge >= 0.3 is 12.4 Å². The average molecular weight is 498 g/mol. The first kappa shape index (κ1) is 25.5. The summed E-state index contributed by atoms with van der Waals surface area (Å²) in [6.45, 7) is 2.38. The number of anilines is 2. The molecule has 13 heteroatoms. The van der Waals surface area contributed by atoms with E-state index in [0.717, 1.165) is 41.9 Å². The number of hydrogen-bond donors (Lipinski definition) is 2. The van der Waals surface area contributed by atoms with Gasteiger partial charge in [-0.25, -0.2) is 4.68 Å². The van der Waals surface area contributed by atoms with Crippen LogP contribution < -0.4 is 16.1 Å². The zero-order valence-corrected chi connectivity index (χ0v) is 18.0. The van der Waals surface area contributed by atoms with Crippen molar-refractivity contribution >= 4 is 23.2 Å². The highest BCUT2D eigenvalue weighted by atomic mass is 19.4. The zero-order chi connectivity index (χ0) is 26.1. The van der Waals surface area contributed by atoms with Crippen molar-refractivity contribution in [2.45, 2.75) is 26.2 Å². The lowest BCUT2D eigenvalue weighted by Crippen LogP contribution is -2.28. The third-order valence-electron chi connectivity index (χ3n) is 4.67. The SMILES string of the molecule is CC(=O)Nc1ccc(C(F)(F)F)cc1NC(=O)c1nn(-c2ccccc2C(F)(F)F)c(C)cc1=O. The lowest BCUT2D eigenvalue weighted by molar-refractivity contribution is -0.138. The zero-order valence-electron chi connectivity index (χ0n) is 18.0. The second-order valence-corrected chi connectivity index (χ2v) is 7.32. The van der Waals surface area contributed by atoms with Crippen LogP contribution in [0.25, 0.3) is 5.69 Å². The summed E-state index contributed by atoms with van der Waals surface area (Å²) in [6.07, 6.45) is -9.56. The topological polar surface area (TPSA) is 93.1 Å². The van der Waals surface area contributed by atoms with Crippen LogP contribution in [0, 0.1) is 6.92 Å². The second kappa shape index (κ2) is 9.24. The second-order valence-electron chi connectivity index (χ2n) is 7.32. The molecule has 2 N–H and O–H groups in total. The van der Waals surface area contributed by atoms with Gasteiger partial charge in [0.25, 0.3) is 5.91 Å². The van der Waals surface area contributed by atoms with Crippen LogP contribution in [-0.2, 0) is 17.1 Å². The third-order valence-corrected chi connectivity index (χ3v) is 4.67. The molecule has 0 aliphatic rings. The average Bonchev–Trinajstić information content (AvgIpc) is 2.73. The molecule has 3 aromatic rings. The number of carbonyl (C=O) groups is 2. The lowest BCUT2D eigenvalue weighted by Gasteiger charge is -2.17. The standard InChI is InChI=1S/C22H16F6N4O3/c1-11-9-18(34)19(31-32(11)17-6-4-3-5-14(17)22(26,27)28)20(35)30-16-10-13(21(23,24)25)7-8-15(16)29-12(2)33/h3-10H,1-2H3,(H,29,33)(H,30,35). The van der Waals surface area contributed by atoms with Gasteiger partial charge in [-0.3, -0.25) is 14.4 Å². The highest BCUT2D eigenvalue weighted by molar-refractivity contribution is 6.06. The van der Waals surface area contributed by atoms with Crippen LogP contribution in [0.5, 0.6) is 0 Å². The normalized spacial score (nSPS) is 11.8. The van der Waals surface area contributed by atoms with E-state index in [1.54, 1.807) is 0 Å². The van der Waals surface area contributed by atoms with Gasteiger partial charge < -0.3 is 10.6 Å². The molecule has 0 spiro atoms. The number of nitrogens with one attached hydrogen (secondary N) is 2. The van der Waals surface area contributed by atoms with E-state index in [-0.39, 0.29) is 11.4 Å². The Morgan fingerprint density at radius 1 is 0.886 bits per heavy atom. The summed E-state index contributed by atoms with van der Waals surface area (Å²) < 4.78 is 80.6. The minimum absolute atomic E-state index is 0.0266. The molecule has 0 aliphatic heterocycles. The Labute approximate surface area is 193 Å². The number of para-hydroxylation sites is 1. The molecule has 0 saturated carbocycles. The van der Waals surface area contributed by atoms with Crippen LogP contribution >= 0.6 is 0 Å². The molecule has 1 heterocycles. The Balaban J connectivity index is 2.10. The molecule has 7 nitrogen and oxygen atoms in total. The van der Waals surface area contributed by atoms with Gasteiger partial charge in [-0.1, -0.05) is 12.1 Å². The van der Waals surface area contributed by atoms with Crippen molar-refractivity contribution in [3.8, 4) is 5.69 Å². The van der Waals surface area contributed by atoms with Crippen molar-refractivity contribution < 1.29 is 35.9 Å². The Kier molecular flexibility index (Phi) is 6.72. The van der Waals surface area contributed by atoms with Gasteiger partial charge in [0.05, 0.1) is 28.2 Å². The molecule has 184 valence electrons. The summed E-state index contributed by atoms with van der Waals surface area (Å²) in [5.41, 5.74) is -5.29. The maximum absolute atomic E-state index is 13.5. The van der Waals surface area contributed by atoms with Crippen molar-refractivity contribution in [1.29, 1.82) is 0 Å². The van der Waals surface area contributed by atoms with Gasteiger partial charge in [-0.05, 0) is 37.3 Å². The third kappa shape index (κ3) is 5.67. The number of halogens is 6. The first-order valence-corrected chi connectivity index (χ1v) is 9.76. The number of alkyl halides is 6. The summed E-state index contributed by atoms with van der Waals surface area (Å²) in [5.74, 6) is -1.95. The fraction of sp³-hybridized carbons (Fsp3) is 0.182. The highest BCUT2D eigenvalue weighted by Crippen LogP contribution is 2.35. The number of benzene rings is 2. The Bertz CT molecular complexity index is 1360. The fourth-order valence-corrected chi connectivity index (χ4v) is 3.15. The summed E-state index contributed by atoms with van der Waals surface area (Å²) in [7, 11) is 0. The highest BCUT2D eigenvalue weighted by Gasteiger charge is 2.34. The molecule has 0 aliphatic carbocycles. The predicted molar refractivity (Wildman–Crippen MR) is 113 cm³/mol. The number of hydrogen-bond acceptors (Lipinski definition) is 4. The van der Waals surface area contributed by atoms with Crippen LogP contribution in [0.2, 0.25) is 0 Å². The molecule has 35 heavy (non-hydrogen) atoms. The molecule has 3 rings (SSSR count). The van der Waals surface area contributed by atoms with Gasteiger partial charge in [0.2, 0.25) is 11.3 Å². The maximum Gasteiger partial charge on any atom is 0.418 e. The van der Waals surface area contributed by atoms with Crippen LogP contribution in [0.15, 0.2) is 53.3 Å².